The molecule has 3 rings (SSSR count). The van der Waals surface area contributed by atoms with Gasteiger partial charge in [-0.15, -0.1) is 0 Å². The number of carboxylic acids is 1. The van der Waals surface area contributed by atoms with Crippen LogP contribution in [0.4, 0.5) is 19.3 Å². The van der Waals surface area contributed by atoms with E-state index in [0.29, 0.717) is 28.3 Å². The van der Waals surface area contributed by atoms with Crippen LogP contribution in [0.5, 0.6) is 5.75 Å². The Morgan fingerprint density at radius 1 is 1.16 bits per heavy atom. The van der Waals surface area contributed by atoms with Gasteiger partial charge in [0.15, 0.2) is 6.61 Å². The van der Waals surface area contributed by atoms with Crippen molar-refractivity contribution < 1.29 is 37.8 Å². The number of nitrogens with one attached hydrogen (secondary N) is 1. The van der Waals surface area contributed by atoms with E-state index in [1.807, 2.05) is 0 Å². The summed E-state index contributed by atoms with van der Waals surface area (Å²) in [5.41, 5.74) is 0.0745. The molecule has 2 N–H and O–H groups in total. The topological polar surface area (TPSA) is 113 Å². The molecule has 2 aromatic rings. The van der Waals surface area contributed by atoms with Crippen LogP contribution in [0.15, 0.2) is 47.4 Å². The summed E-state index contributed by atoms with van der Waals surface area (Å²) >= 11 is 0.586. The highest BCUT2D eigenvalue weighted by molar-refractivity contribution is 8.18. The summed E-state index contributed by atoms with van der Waals surface area (Å²) in [6.45, 7) is -1.26. The fourth-order valence-electron chi connectivity index (χ4n) is 2.57. The highest BCUT2D eigenvalue weighted by Crippen LogP contribution is 2.34. The van der Waals surface area contributed by atoms with Crippen molar-refractivity contribution in [3.05, 3.63) is 64.6 Å². The maximum Gasteiger partial charge on any atom is 0.341 e. The minimum atomic E-state index is -1.18. The lowest BCUT2D eigenvalue weighted by molar-refractivity contribution is -0.139. The Kier molecular flexibility index (Phi) is 6.65. The van der Waals surface area contributed by atoms with Crippen molar-refractivity contribution in [3.8, 4) is 5.75 Å². The monoisotopic (exact) mass is 448 g/mol. The minimum absolute atomic E-state index is 0.00265. The number of aliphatic carboxylic acids is 1. The van der Waals surface area contributed by atoms with Gasteiger partial charge in [-0.3, -0.25) is 19.3 Å². The van der Waals surface area contributed by atoms with Crippen molar-refractivity contribution in [1.82, 2.24) is 4.90 Å². The van der Waals surface area contributed by atoms with Crippen molar-refractivity contribution in [2.45, 2.75) is 0 Å². The number of ether oxygens (including phenoxy) is 1. The van der Waals surface area contributed by atoms with E-state index in [2.05, 4.69) is 5.32 Å². The zero-order valence-electron chi connectivity index (χ0n) is 15.6. The molecule has 3 amide bonds. The summed E-state index contributed by atoms with van der Waals surface area (Å²) < 4.78 is 31.8. The van der Waals surface area contributed by atoms with Gasteiger partial charge < -0.3 is 15.2 Å². The van der Waals surface area contributed by atoms with Gasteiger partial charge in [-0.25, -0.2) is 13.6 Å². The maximum absolute atomic E-state index is 13.7. The molecule has 0 atom stereocenters. The first-order chi connectivity index (χ1) is 14.7. The Morgan fingerprint density at radius 3 is 2.61 bits per heavy atom. The molecule has 0 radical (unpaired) electrons. The molecule has 1 aliphatic rings. The molecule has 0 unspecified atom stereocenters. The number of thioether (sulfide) groups is 1. The first kappa shape index (κ1) is 22.0. The number of anilines is 1. The predicted octanol–water partition coefficient (Wildman–Crippen LogP) is 3.10. The highest BCUT2D eigenvalue weighted by atomic mass is 32.2. The zero-order valence-corrected chi connectivity index (χ0v) is 16.4. The molecule has 1 heterocycles. The summed E-state index contributed by atoms with van der Waals surface area (Å²) in [6.07, 6.45) is 1.35. The van der Waals surface area contributed by atoms with Gasteiger partial charge in [-0.1, -0.05) is 18.2 Å². The number of imide groups is 1. The number of halogens is 2. The van der Waals surface area contributed by atoms with Gasteiger partial charge in [0, 0.05) is 11.6 Å². The molecule has 160 valence electrons. The van der Waals surface area contributed by atoms with Crippen LogP contribution in [-0.4, -0.2) is 46.2 Å². The molecule has 0 aliphatic carbocycles. The third-order valence-electron chi connectivity index (χ3n) is 3.94. The van der Waals surface area contributed by atoms with Gasteiger partial charge in [-0.2, -0.15) is 0 Å². The molecule has 11 heteroatoms. The normalized spacial score (nSPS) is 14.8. The minimum Gasteiger partial charge on any atom is -0.481 e. The lowest BCUT2D eigenvalue weighted by atomic mass is 10.2. The molecule has 1 saturated heterocycles. The Labute approximate surface area is 178 Å². The maximum atomic E-state index is 13.7. The second-order valence-corrected chi connectivity index (χ2v) is 7.15. The third-order valence-corrected chi connectivity index (χ3v) is 4.84. The van der Waals surface area contributed by atoms with Crippen molar-refractivity contribution in [1.29, 1.82) is 0 Å². The fraction of sp³-hybridized carbons (Fsp3) is 0.100. The van der Waals surface area contributed by atoms with Gasteiger partial charge in [0.1, 0.15) is 23.9 Å². The van der Waals surface area contributed by atoms with Gasteiger partial charge in [0.05, 0.1) is 10.6 Å². The van der Waals surface area contributed by atoms with Crippen LogP contribution in [-0.2, 0) is 14.4 Å². The summed E-state index contributed by atoms with van der Waals surface area (Å²) in [5, 5.41) is 10.2. The highest BCUT2D eigenvalue weighted by Gasteiger charge is 2.36. The number of hydrogen-bond donors (Lipinski definition) is 2. The first-order valence-corrected chi connectivity index (χ1v) is 9.50. The average Bonchev–Trinajstić information content (AvgIpc) is 2.97. The quantitative estimate of drug-likeness (QED) is 0.626. The van der Waals surface area contributed by atoms with E-state index >= 15 is 0 Å². The molecule has 0 spiro atoms. The van der Waals surface area contributed by atoms with Crippen molar-refractivity contribution in [2.24, 2.45) is 0 Å². The number of nitrogens with zero attached hydrogens (tertiary/aromatic N) is 1. The van der Waals surface area contributed by atoms with E-state index in [9.17, 15) is 28.0 Å². The molecule has 8 nitrogen and oxygen atoms in total. The van der Waals surface area contributed by atoms with E-state index in [1.165, 1.54) is 12.1 Å². The van der Waals surface area contributed by atoms with Crippen molar-refractivity contribution in [3.63, 3.8) is 0 Å². The molecule has 0 bridgehead atoms. The Hall–Kier alpha value is -3.73. The molecular weight excluding hydrogens is 434 g/mol. The van der Waals surface area contributed by atoms with Gasteiger partial charge in [-0.05, 0) is 36.0 Å². The number of amides is 3. The van der Waals surface area contributed by atoms with Crippen LogP contribution in [0.25, 0.3) is 6.08 Å². The molecule has 1 fully saturated rings. The summed E-state index contributed by atoms with van der Waals surface area (Å²) in [4.78, 5) is 48.3. The van der Waals surface area contributed by atoms with Crippen LogP contribution in [0.1, 0.15) is 5.56 Å². The SMILES string of the molecule is O=C(O)COc1ccccc1/C=C1\SC(=O)N(CC(=O)Nc2ccc(F)cc2F)C1=O. The summed E-state index contributed by atoms with van der Waals surface area (Å²) in [6, 6.07) is 8.87. The smallest absolute Gasteiger partial charge is 0.341 e. The second kappa shape index (κ2) is 9.39. The van der Waals surface area contributed by atoms with Crippen molar-refractivity contribution in [2.75, 3.05) is 18.5 Å². The molecular formula is C20H14F2N2O6S. The van der Waals surface area contributed by atoms with E-state index < -0.39 is 47.8 Å². The van der Waals surface area contributed by atoms with Gasteiger partial charge >= 0.3 is 5.97 Å². The lowest BCUT2D eigenvalue weighted by Gasteiger charge is -2.13. The second-order valence-electron chi connectivity index (χ2n) is 6.16. The van der Waals surface area contributed by atoms with E-state index in [1.54, 1.807) is 18.2 Å². The van der Waals surface area contributed by atoms with Crippen LogP contribution >= 0.6 is 11.8 Å². The number of rotatable bonds is 7. The fourth-order valence-corrected chi connectivity index (χ4v) is 3.40. The standard InChI is InChI=1S/C20H14F2N2O6S/c21-12-5-6-14(13(22)8-12)23-17(25)9-24-19(28)16(31-20(24)29)7-11-3-1-2-4-15(11)30-10-18(26)27/h1-8H,9-10H2,(H,23,25)(H,26,27)/b16-7-. The molecule has 0 aromatic heterocycles. The van der Waals surface area contributed by atoms with Crippen LogP contribution in [0.3, 0.4) is 0 Å². The summed E-state index contributed by atoms with van der Waals surface area (Å²) in [5.74, 6) is -4.41. The molecule has 0 saturated carbocycles. The largest absolute Gasteiger partial charge is 0.481 e. The Bertz CT molecular complexity index is 1100. The Morgan fingerprint density at radius 2 is 1.90 bits per heavy atom. The van der Waals surface area contributed by atoms with E-state index in [4.69, 9.17) is 9.84 Å². The molecule has 1 aliphatic heterocycles. The van der Waals surface area contributed by atoms with Crippen LogP contribution < -0.4 is 10.1 Å². The lowest BCUT2D eigenvalue weighted by Crippen LogP contribution is -2.36. The third kappa shape index (κ3) is 5.45. The van der Waals surface area contributed by atoms with E-state index in [0.717, 1.165) is 12.1 Å². The molecule has 2 aromatic carbocycles. The number of carbonyl (C=O) groups is 4. The van der Waals surface area contributed by atoms with Crippen LogP contribution in [0, 0.1) is 11.6 Å². The van der Waals surface area contributed by atoms with Crippen LogP contribution in [0.2, 0.25) is 0 Å². The Balaban J connectivity index is 1.72. The number of para-hydroxylation sites is 1. The van der Waals surface area contributed by atoms with Gasteiger partial charge in [0.25, 0.3) is 11.1 Å². The van der Waals surface area contributed by atoms with Gasteiger partial charge in [0.2, 0.25) is 5.91 Å². The number of benzene rings is 2. The zero-order chi connectivity index (χ0) is 22.5. The number of carboxylic acid groups (broad SMARTS) is 1. The average molecular weight is 448 g/mol. The first-order valence-electron chi connectivity index (χ1n) is 8.68. The summed E-state index contributed by atoms with van der Waals surface area (Å²) in [7, 11) is 0. The van der Waals surface area contributed by atoms with E-state index in [-0.39, 0.29) is 16.3 Å². The predicted molar refractivity (Wildman–Crippen MR) is 107 cm³/mol. The number of hydrogen-bond acceptors (Lipinski definition) is 6. The molecule has 31 heavy (non-hydrogen) atoms. The van der Waals surface area contributed by atoms with Crippen molar-refractivity contribution >= 4 is 46.5 Å². The number of carbonyl (C=O) groups excluding carboxylic acids is 3.